The van der Waals surface area contributed by atoms with Crippen molar-refractivity contribution in [1.29, 1.82) is 0 Å². The van der Waals surface area contributed by atoms with Crippen LogP contribution < -0.4 is 5.32 Å². The van der Waals surface area contributed by atoms with Gasteiger partial charge in [0.15, 0.2) is 0 Å². The summed E-state index contributed by atoms with van der Waals surface area (Å²) in [5.74, 6) is -1.05. The summed E-state index contributed by atoms with van der Waals surface area (Å²) in [6.07, 6.45) is 0. The van der Waals surface area contributed by atoms with E-state index in [1.54, 1.807) is 11.8 Å². The number of rotatable bonds is 8. The Morgan fingerprint density at radius 2 is 2.12 bits per heavy atom. The minimum Gasteiger partial charge on any atom is -0.480 e. The average Bonchev–Trinajstić information content (AvgIpc) is 3.01. The first-order chi connectivity index (χ1) is 11.9. The third-order valence-electron chi connectivity index (χ3n) is 3.72. The molecule has 0 fully saturated rings. The summed E-state index contributed by atoms with van der Waals surface area (Å²) in [5, 5.41) is 15.3. The van der Waals surface area contributed by atoms with E-state index >= 15 is 0 Å². The molecule has 134 valence electrons. The molecule has 1 atom stereocenters. The number of hydrogen-bond donors (Lipinski definition) is 2. The number of aliphatic carboxylic acids is 1. The molecule has 0 radical (unpaired) electrons. The first-order valence-electron chi connectivity index (χ1n) is 7.79. The zero-order valence-electron chi connectivity index (χ0n) is 14.0. The van der Waals surface area contributed by atoms with E-state index < -0.39 is 12.0 Å². The van der Waals surface area contributed by atoms with Crippen LogP contribution in [0.5, 0.6) is 0 Å². The number of nitrogens with one attached hydrogen (secondary N) is 1. The number of nitrogens with zero attached hydrogens (tertiary/aromatic N) is 2. The highest BCUT2D eigenvalue weighted by Gasteiger charge is 2.22. The molecular weight excluding hydrogens is 362 g/mol. The molecule has 0 aliphatic heterocycles. The van der Waals surface area contributed by atoms with Crippen LogP contribution in [0.25, 0.3) is 11.3 Å². The van der Waals surface area contributed by atoms with Crippen molar-refractivity contribution < 1.29 is 14.7 Å². The van der Waals surface area contributed by atoms with Crippen LogP contribution >= 0.6 is 22.9 Å². The van der Waals surface area contributed by atoms with Crippen molar-refractivity contribution in [2.45, 2.75) is 26.4 Å². The van der Waals surface area contributed by atoms with Gasteiger partial charge in [-0.15, -0.1) is 11.3 Å². The number of benzene rings is 1. The topological polar surface area (TPSA) is 82.5 Å². The largest absolute Gasteiger partial charge is 0.480 e. The third kappa shape index (κ3) is 5.52. The minimum atomic E-state index is -0.911. The van der Waals surface area contributed by atoms with E-state index in [9.17, 15) is 14.7 Å². The van der Waals surface area contributed by atoms with E-state index in [4.69, 9.17) is 11.6 Å². The molecule has 1 unspecified atom stereocenters. The third-order valence-corrected chi connectivity index (χ3v) is 4.88. The second-order valence-corrected chi connectivity index (χ2v) is 6.92. The number of carboxylic acid groups (broad SMARTS) is 1. The van der Waals surface area contributed by atoms with Crippen molar-refractivity contribution in [3.63, 3.8) is 0 Å². The molecule has 0 spiro atoms. The molecule has 0 bridgehead atoms. The van der Waals surface area contributed by atoms with Crippen LogP contribution in [-0.4, -0.2) is 46.0 Å². The van der Waals surface area contributed by atoms with E-state index in [-0.39, 0.29) is 5.91 Å². The summed E-state index contributed by atoms with van der Waals surface area (Å²) in [5.41, 5.74) is 1.62. The molecule has 0 aliphatic carbocycles. The van der Waals surface area contributed by atoms with Crippen LogP contribution in [0.4, 0.5) is 0 Å². The van der Waals surface area contributed by atoms with Gasteiger partial charge < -0.3 is 10.4 Å². The molecule has 0 aliphatic rings. The quantitative estimate of drug-likeness (QED) is 0.734. The van der Waals surface area contributed by atoms with Gasteiger partial charge >= 0.3 is 5.97 Å². The summed E-state index contributed by atoms with van der Waals surface area (Å²) in [6, 6.07) is 6.78. The van der Waals surface area contributed by atoms with Gasteiger partial charge in [0.2, 0.25) is 5.91 Å². The molecule has 2 N–H and O–H groups in total. The molecule has 1 aromatic carbocycles. The molecule has 0 saturated carbocycles. The Kier molecular flexibility index (Phi) is 6.92. The Bertz CT molecular complexity index is 750. The lowest BCUT2D eigenvalue weighted by molar-refractivity contribution is -0.142. The standard InChI is InChI=1S/C17H20ClN3O3S/c1-11(17(23)24)21(8-7-19-12(2)22)9-16-20-15(10-25-16)13-5-3-4-6-14(13)18/h3-6,10-11H,7-9H2,1-2H3,(H,19,22)(H,23,24). The van der Waals surface area contributed by atoms with Crippen molar-refractivity contribution in [2.75, 3.05) is 13.1 Å². The predicted octanol–water partition coefficient (Wildman–Crippen LogP) is 2.87. The predicted molar refractivity (Wildman–Crippen MR) is 98.8 cm³/mol. The molecule has 0 saturated heterocycles. The van der Waals surface area contributed by atoms with Crippen molar-refractivity contribution in [3.05, 3.63) is 39.7 Å². The van der Waals surface area contributed by atoms with Crippen molar-refractivity contribution in [1.82, 2.24) is 15.2 Å². The Morgan fingerprint density at radius 3 is 2.76 bits per heavy atom. The molecule has 25 heavy (non-hydrogen) atoms. The maximum Gasteiger partial charge on any atom is 0.320 e. The van der Waals surface area contributed by atoms with Crippen molar-refractivity contribution in [3.8, 4) is 11.3 Å². The van der Waals surface area contributed by atoms with E-state index in [1.807, 2.05) is 29.6 Å². The molecule has 1 amide bonds. The fraction of sp³-hybridized carbons (Fsp3) is 0.353. The summed E-state index contributed by atoms with van der Waals surface area (Å²) >= 11 is 7.66. The highest BCUT2D eigenvalue weighted by molar-refractivity contribution is 7.09. The monoisotopic (exact) mass is 381 g/mol. The second-order valence-electron chi connectivity index (χ2n) is 5.57. The molecule has 1 heterocycles. The smallest absolute Gasteiger partial charge is 0.320 e. The molecule has 2 rings (SSSR count). The fourth-order valence-corrected chi connectivity index (χ4v) is 3.34. The van der Waals surface area contributed by atoms with Gasteiger partial charge in [0.05, 0.1) is 12.2 Å². The Labute approximate surface area is 155 Å². The number of amides is 1. The average molecular weight is 382 g/mol. The Morgan fingerprint density at radius 1 is 1.40 bits per heavy atom. The summed E-state index contributed by atoms with van der Waals surface area (Å²) in [4.78, 5) is 28.7. The highest BCUT2D eigenvalue weighted by Crippen LogP contribution is 2.29. The van der Waals surface area contributed by atoms with Gasteiger partial charge in [0.1, 0.15) is 11.0 Å². The van der Waals surface area contributed by atoms with E-state index in [2.05, 4.69) is 10.3 Å². The van der Waals surface area contributed by atoms with Crippen LogP contribution in [0.3, 0.4) is 0 Å². The zero-order valence-corrected chi connectivity index (χ0v) is 15.6. The lowest BCUT2D eigenvalue weighted by Gasteiger charge is -2.25. The van der Waals surface area contributed by atoms with Crippen LogP contribution in [0, 0.1) is 0 Å². The SMILES string of the molecule is CC(=O)NCCN(Cc1nc(-c2ccccc2Cl)cs1)C(C)C(=O)O. The molecule has 6 nitrogen and oxygen atoms in total. The first kappa shape index (κ1) is 19.4. The van der Waals surface area contributed by atoms with Crippen molar-refractivity contribution in [2.24, 2.45) is 0 Å². The van der Waals surface area contributed by atoms with Crippen LogP contribution in [-0.2, 0) is 16.1 Å². The van der Waals surface area contributed by atoms with Crippen LogP contribution in [0.15, 0.2) is 29.6 Å². The summed E-state index contributed by atoms with van der Waals surface area (Å²) in [6.45, 7) is 4.26. The van der Waals surface area contributed by atoms with E-state index in [1.165, 1.54) is 18.3 Å². The van der Waals surface area contributed by atoms with Gasteiger partial charge in [-0.3, -0.25) is 14.5 Å². The fourth-order valence-electron chi connectivity index (χ4n) is 2.29. The molecule has 1 aromatic heterocycles. The van der Waals surface area contributed by atoms with Crippen LogP contribution in [0.1, 0.15) is 18.9 Å². The zero-order chi connectivity index (χ0) is 18.4. The normalized spacial score (nSPS) is 12.2. The molecule has 8 heteroatoms. The van der Waals surface area contributed by atoms with Gasteiger partial charge in [0, 0.05) is 36.0 Å². The van der Waals surface area contributed by atoms with E-state index in [0.717, 1.165) is 16.3 Å². The Balaban J connectivity index is 2.11. The summed E-state index contributed by atoms with van der Waals surface area (Å²) in [7, 11) is 0. The van der Waals surface area contributed by atoms with Gasteiger partial charge in [-0.05, 0) is 13.0 Å². The lowest BCUT2D eigenvalue weighted by atomic mass is 10.2. The number of hydrogen-bond acceptors (Lipinski definition) is 5. The number of thiazole rings is 1. The van der Waals surface area contributed by atoms with E-state index in [0.29, 0.717) is 24.7 Å². The van der Waals surface area contributed by atoms with Gasteiger partial charge in [-0.1, -0.05) is 29.8 Å². The minimum absolute atomic E-state index is 0.141. The second kappa shape index (κ2) is 8.94. The van der Waals surface area contributed by atoms with Gasteiger partial charge in [-0.25, -0.2) is 4.98 Å². The molecular formula is C17H20ClN3O3S. The number of carbonyl (C=O) groups is 2. The Hall–Kier alpha value is -1.96. The maximum atomic E-state index is 11.3. The summed E-state index contributed by atoms with van der Waals surface area (Å²) < 4.78 is 0. The highest BCUT2D eigenvalue weighted by atomic mass is 35.5. The van der Waals surface area contributed by atoms with Crippen LogP contribution in [0.2, 0.25) is 5.02 Å². The number of carboxylic acids is 1. The van der Waals surface area contributed by atoms with Crippen molar-refractivity contribution >= 4 is 34.8 Å². The lowest BCUT2D eigenvalue weighted by Crippen LogP contribution is -2.42. The maximum absolute atomic E-state index is 11.3. The molecule has 2 aromatic rings. The van der Waals surface area contributed by atoms with Gasteiger partial charge in [-0.2, -0.15) is 0 Å². The van der Waals surface area contributed by atoms with Gasteiger partial charge in [0.25, 0.3) is 0 Å². The number of carbonyl (C=O) groups excluding carboxylic acids is 1. The number of aromatic nitrogens is 1. The first-order valence-corrected chi connectivity index (χ1v) is 9.05. The number of halogens is 1.